The second-order valence-corrected chi connectivity index (χ2v) is 2.44. The predicted octanol–water partition coefficient (Wildman–Crippen LogP) is 2.43. The predicted molar refractivity (Wildman–Crippen MR) is 40.7 cm³/mol. The Morgan fingerprint density at radius 1 is 1.50 bits per heavy atom. The maximum atomic E-state index is 12.5. The van der Waals surface area contributed by atoms with Crippen LogP contribution in [0.5, 0.6) is 5.75 Å². The Bertz CT molecular complexity index is 237. The molecule has 10 heavy (non-hydrogen) atoms. The number of rotatable bonds is 1. The molecular weight excluding hydrogens is 199 g/mol. The number of phenolic OH excluding ortho intramolecular Hbond substituents is 1. The van der Waals surface area contributed by atoms with Crippen LogP contribution in [-0.4, -0.2) is 5.11 Å². The van der Waals surface area contributed by atoms with Crippen LogP contribution in [0.25, 0.3) is 0 Å². The molecule has 0 fully saturated rings. The SMILES string of the molecule is Oc1c(F)cccc1CBr. The first-order valence-corrected chi connectivity index (χ1v) is 3.90. The van der Waals surface area contributed by atoms with Crippen molar-refractivity contribution in [3.8, 4) is 5.75 Å². The number of aromatic hydroxyl groups is 1. The van der Waals surface area contributed by atoms with Gasteiger partial charge in [0.25, 0.3) is 0 Å². The van der Waals surface area contributed by atoms with Gasteiger partial charge in [-0.15, -0.1) is 0 Å². The Kier molecular flexibility index (Phi) is 2.27. The first-order chi connectivity index (χ1) is 4.75. The third kappa shape index (κ3) is 1.29. The summed E-state index contributed by atoms with van der Waals surface area (Å²) >= 11 is 3.12. The summed E-state index contributed by atoms with van der Waals surface area (Å²) < 4.78 is 12.5. The van der Waals surface area contributed by atoms with Crippen molar-refractivity contribution < 1.29 is 9.50 Å². The topological polar surface area (TPSA) is 20.2 Å². The van der Waals surface area contributed by atoms with E-state index in [0.717, 1.165) is 0 Å². The maximum Gasteiger partial charge on any atom is 0.165 e. The summed E-state index contributed by atoms with van der Waals surface area (Å²) in [6.07, 6.45) is 0. The van der Waals surface area contributed by atoms with E-state index >= 15 is 0 Å². The van der Waals surface area contributed by atoms with Crippen molar-refractivity contribution >= 4 is 15.9 Å². The zero-order chi connectivity index (χ0) is 7.56. The summed E-state index contributed by atoms with van der Waals surface area (Å²) in [5, 5.41) is 9.46. The first kappa shape index (κ1) is 7.54. The number of halogens is 2. The van der Waals surface area contributed by atoms with Crippen molar-refractivity contribution in [1.29, 1.82) is 0 Å². The quantitative estimate of drug-likeness (QED) is 0.698. The minimum absolute atomic E-state index is 0.264. The number of hydrogen-bond donors (Lipinski definition) is 1. The average Bonchev–Trinajstić information content (AvgIpc) is 1.95. The third-order valence-corrected chi connectivity index (χ3v) is 1.82. The molecule has 0 aliphatic carbocycles. The second kappa shape index (κ2) is 3.01. The zero-order valence-corrected chi connectivity index (χ0v) is 6.73. The van der Waals surface area contributed by atoms with Gasteiger partial charge in [-0.3, -0.25) is 0 Å². The van der Waals surface area contributed by atoms with Crippen LogP contribution in [0, 0.1) is 5.82 Å². The lowest BCUT2D eigenvalue weighted by atomic mass is 10.2. The Balaban J connectivity index is 3.14. The minimum atomic E-state index is -0.572. The molecule has 0 spiro atoms. The van der Waals surface area contributed by atoms with Crippen LogP contribution >= 0.6 is 15.9 Å². The van der Waals surface area contributed by atoms with Crippen LogP contribution in [0.3, 0.4) is 0 Å². The van der Waals surface area contributed by atoms with Gasteiger partial charge in [-0.05, 0) is 6.07 Å². The third-order valence-electron chi connectivity index (χ3n) is 1.21. The fourth-order valence-corrected chi connectivity index (χ4v) is 1.12. The van der Waals surface area contributed by atoms with Gasteiger partial charge in [0.05, 0.1) is 0 Å². The van der Waals surface area contributed by atoms with Crippen LogP contribution in [0.2, 0.25) is 0 Å². The molecule has 0 bridgehead atoms. The van der Waals surface area contributed by atoms with E-state index in [0.29, 0.717) is 10.9 Å². The summed E-state index contributed by atoms with van der Waals surface area (Å²) in [6, 6.07) is 4.44. The molecule has 1 aromatic rings. The molecule has 0 amide bonds. The van der Waals surface area contributed by atoms with Crippen molar-refractivity contribution in [3.63, 3.8) is 0 Å². The molecule has 0 aromatic heterocycles. The summed E-state index contributed by atoms with van der Waals surface area (Å²) in [5.74, 6) is -0.837. The molecule has 54 valence electrons. The lowest BCUT2D eigenvalue weighted by molar-refractivity contribution is 0.428. The summed E-state index contributed by atoms with van der Waals surface area (Å²) in [6.45, 7) is 0. The highest BCUT2D eigenvalue weighted by atomic mass is 79.9. The lowest BCUT2D eigenvalue weighted by Gasteiger charge is -1.99. The molecule has 1 nitrogen and oxygen atoms in total. The van der Waals surface area contributed by atoms with Gasteiger partial charge in [-0.2, -0.15) is 0 Å². The lowest BCUT2D eigenvalue weighted by Crippen LogP contribution is -1.81. The smallest absolute Gasteiger partial charge is 0.165 e. The molecule has 1 N–H and O–H groups in total. The molecule has 0 heterocycles. The van der Waals surface area contributed by atoms with Crippen LogP contribution in [0.4, 0.5) is 4.39 Å². The molecule has 0 aliphatic rings. The molecule has 0 radical (unpaired) electrons. The number of benzene rings is 1. The minimum Gasteiger partial charge on any atom is -0.505 e. The van der Waals surface area contributed by atoms with Crippen LogP contribution in [0.15, 0.2) is 18.2 Å². The highest BCUT2D eigenvalue weighted by Crippen LogP contribution is 2.22. The standard InChI is InChI=1S/C7H6BrFO/c8-4-5-2-1-3-6(9)7(5)10/h1-3,10H,4H2. The van der Waals surface area contributed by atoms with Crippen molar-refractivity contribution in [2.24, 2.45) is 0 Å². The van der Waals surface area contributed by atoms with Crippen LogP contribution < -0.4 is 0 Å². The van der Waals surface area contributed by atoms with E-state index in [4.69, 9.17) is 5.11 Å². The van der Waals surface area contributed by atoms with Gasteiger partial charge < -0.3 is 5.11 Å². The molecule has 0 saturated carbocycles. The molecule has 0 saturated heterocycles. The molecular formula is C7H6BrFO. The Labute approximate surface area is 66.6 Å². The summed E-state index contributed by atoms with van der Waals surface area (Å²) in [5.41, 5.74) is 0.569. The maximum absolute atomic E-state index is 12.5. The Hall–Kier alpha value is -0.570. The fourth-order valence-electron chi connectivity index (χ4n) is 0.668. The molecule has 1 aromatic carbocycles. The monoisotopic (exact) mass is 204 g/mol. The van der Waals surface area contributed by atoms with Gasteiger partial charge in [0, 0.05) is 10.9 Å². The summed E-state index contributed by atoms with van der Waals surface area (Å²) in [4.78, 5) is 0. The van der Waals surface area contributed by atoms with Crippen LogP contribution in [0.1, 0.15) is 5.56 Å². The Morgan fingerprint density at radius 2 is 2.20 bits per heavy atom. The van der Waals surface area contributed by atoms with E-state index in [9.17, 15) is 4.39 Å². The average molecular weight is 205 g/mol. The van der Waals surface area contributed by atoms with Gasteiger partial charge in [0.15, 0.2) is 11.6 Å². The number of phenols is 1. The van der Waals surface area contributed by atoms with Crippen molar-refractivity contribution in [1.82, 2.24) is 0 Å². The molecule has 3 heteroatoms. The fraction of sp³-hybridized carbons (Fsp3) is 0.143. The van der Waals surface area contributed by atoms with Gasteiger partial charge in [-0.25, -0.2) is 4.39 Å². The van der Waals surface area contributed by atoms with Gasteiger partial charge in [0.1, 0.15) is 0 Å². The molecule has 0 unspecified atom stereocenters. The Morgan fingerprint density at radius 3 is 2.70 bits per heavy atom. The van der Waals surface area contributed by atoms with E-state index in [1.807, 2.05) is 0 Å². The highest BCUT2D eigenvalue weighted by molar-refractivity contribution is 9.08. The number of para-hydroxylation sites is 1. The van der Waals surface area contributed by atoms with E-state index in [1.165, 1.54) is 6.07 Å². The normalized spacial score (nSPS) is 9.80. The van der Waals surface area contributed by atoms with Gasteiger partial charge >= 0.3 is 0 Å². The van der Waals surface area contributed by atoms with E-state index in [2.05, 4.69) is 15.9 Å². The highest BCUT2D eigenvalue weighted by Gasteiger charge is 2.03. The van der Waals surface area contributed by atoms with E-state index < -0.39 is 5.82 Å². The van der Waals surface area contributed by atoms with Crippen molar-refractivity contribution in [2.45, 2.75) is 5.33 Å². The van der Waals surface area contributed by atoms with Crippen LogP contribution in [-0.2, 0) is 5.33 Å². The largest absolute Gasteiger partial charge is 0.505 e. The number of hydrogen-bond acceptors (Lipinski definition) is 1. The van der Waals surface area contributed by atoms with E-state index in [-0.39, 0.29) is 5.75 Å². The summed E-state index contributed by atoms with van der Waals surface area (Å²) in [7, 11) is 0. The second-order valence-electron chi connectivity index (χ2n) is 1.88. The van der Waals surface area contributed by atoms with Crippen molar-refractivity contribution in [2.75, 3.05) is 0 Å². The first-order valence-electron chi connectivity index (χ1n) is 2.78. The number of alkyl halides is 1. The van der Waals surface area contributed by atoms with E-state index in [1.54, 1.807) is 12.1 Å². The molecule has 0 aliphatic heterocycles. The van der Waals surface area contributed by atoms with Crippen molar-refractivity contribution in [3.05, 3.63) is 29.6 Å². The van der Waals surface area contributed by atoms with Gasteiger partial charge in [-0.1, -0.05) is 28.1 Å². The molecule has 1 rings (SSSR count). The van der Waals surface area contributed by atoms with Gasteiger partial charge in [0.2, 0.25) is 0 Å². The molecule has 0 atom stereocenters. The zero-order valence-electron chi connectivity index (χ0n) is 5.14.